The summed E-state index contributed by atoms with van der Waals surface area (Å²) in [5.74, 6) is 0.624. The van der Waals surface area contributed by atoms with Crippen molar-refractivity contribution in [2.24, 2.45) is 0 Å². The highest BCUT2D eigenvalue weighted by atomic mass is 32.2. The molecule has 0 atom stereocenters. The third kappa shape index (κ3) is 3.07. The Kier molecular flexibility index (Phi) is 3.77. The maximum Gasteiger partial charge on any atom is 0.175 e. The molecule has 0 spiro atoms. The van der Waals surface area contributed by atoms with E-state index in [4.69, 9.17) is 0 Å². The Balaban J connectivity index is 1.98. The van der Waals surface area contributed by atoms with Gasteiger partial charge in [-0.2, -0.15) is 0 Å². The van der Waals surface area contributed by atoms with Gasteiger partial charge in [-0.25, -0.2) is 18.4 Å². The van der Waals surface area contributed by atoms with Crippen molar-refractivity contribution in [1.82, 2.24) is 9.97 Å². The molecule has 0 saturated heterocycles. The first kappa shape index (κ1) is 14.5. The number of anilines is 1. The fraction of sp³-hybridized carbons (Fsp3) is 0.125. The first-order valence-electron chi connectivity index (χ1n) is 6.77. The van der Waals surface area contributed by atoms with E-state index in [1.807, 2.05) is 30.3 Å². The maximum absolute atomic E-state index is 11.7. The normalized spacial score (nSPS) is 11.5. The minimum atomic E-state index is -3.26. The Hall–Kier alpha value is -2.47. The molecule has 0 aliphatic heterocycles. The van der Waals surface area contributed by atoms with E-state index in [0.717, 1.165) is 5.56 Å². The summed E-state index contributed by atoms with van der Waals surface area (Å²) in [6.07, 6.45) is 2.66. The SMILES string of the molecule is CS(=O)(=O)c1ccc2ncnc(NCc3ccccc3)c2c1. The van der Waals surface area contributed by atoms with Gasteiger partial charge in [0, 0.05) is 18.2 Å². The molecule has 0 unspecified atom stereocenters. The summed E-state index contributed by atoms with van der Waals surface area (Å²) in [6, 6.07) is 14.8. The van der Waals surface area contributed by atoms with Gasteiger partial charge in [0.1, 0.15) is 12.1 Å². The van der Waals surface area contributed by atoms with Crippen LogP contribution in [0.3, 0.4) is 0 Å². The molecule has 0 amide bonds. The van der Waals surface area contributed by atoms with Gasteiger partial charge < -0.3 is 5.32 Å². The fourth-order valence-electron chi connectivity index (χ4n) is 2.19. The molecule has 22 heavy (non-hydrogen) atoms. The number of rotatable bonds is 4. The van der Waals surface area contributed by atoms with Crippen LogP contribution < -0.4 is 5.32 Å². The zero-order valence-electron chi connectivity index (χ0n) is 12.0. The van der Waals surface area contributed by atoms with Crippen molar-refractivity contribution in [2.45, 2.75) is 11.4 Å². The highest BCUT2D eigenvalue weighted by Crippen LogP contribution is 2.23. The minimum Gasteiger partial charge on any atom is -0.365 e. The predicted octanol–water partition coefficient (Wildman–Crippen LogP) is 2.65. The molecule has 0 bridgehead atoms. The Labute approximate surface area is 129 Å². The van der Waals surface area contributed by atoms with Crippen molar-refractivity contribution in [3.8, 4) is 0 Å². The summed E-state index contributed by atoms with van der Waals surface area (Å²) in [6.45, 7) is 0.607. The zero-order chi connectivity index (χ0) is 15.6. The second-order valence-corrected chi connectivity index (χ2v) is 7.03. The van der Waals surface area contributed by atoms with Crippen LogP contribution >= 0.6 is 0 Å². The van der Waals surface area contributed by atoms with Crippen LogP contribution in [0.1, 0.15) is 5.56 Å². The highest BCUT2D eigenvalue weighted by Gasteiger charge is 2.10. The molecule has 112 valence electrons. The first-order chi connectivity index (χ1) is 10.5. The number of hydrogen-bond donors (Lipinski definition) is 1. The number of benzene rings is 2. The standard InChI is InChI=1S/C16H15N3O2S/c1-22(20,21)13-7-8-15-14(9-13)16(19-11-18-15)17-10-12-5-3-2-4-6-12/h2-9,11H,10H2,1H3,(H,17,18,19). The number of sulfone groups is 1. The van der Waals surface area contributed by atoms with Crippen LogP contribution in [-0.4, -0.2) is 24.6 Å². The van der Waals surface area contributed by atoms with Gasteiger partial charge in [-0.15, -0.1) is 0 Å². The lowest BCUT2D eigenvalue weighted by atomic mass is 10.2. The Morgan fingerprint density at radius 2 is 1.82 bits per heavy atom. The molecule has 0 fully saturated rings. The van der Waals surface area contributed by atoms with Gasteiger partial charge in [-0.1, -0.05) is 30.3 Å². The van der Waals surface area contributed by atoms with E-state index < -0.39 is 9.84 Å². The van der Waals surface area contributed by atoms with Crippen LogP contribution in [0.15, 0.2) is 59.8 Å². The summed E-state index contributed by atoms with van der Waals surface area (Å²) >= 11 is 0. The Morgan fingerprint density at radius 1 is 1.05 bits per heavy atom. The monoisotopic (exact) mass is 313 g/mol. The second kappa shape index (κ2) is 5.73. The van der Waals surface area contributed by atoms with Crippen molar-refractivity contribution in [2.75, 3.05) is 11.6 Å². The minimum absolute atomic E-state index is 0.262. The van der Waals surface area contributed by atoms with Crippen LogP contribution in [0.25, 0.3) is 10.9 Å². The molecule has 1 aromatic heterocycles. The third-order valence-electron chi connectivity index (χ3n) is 3.34. The van der Waals surface area contributed by atoms with Crippen molar-refractivity contribution in [3.05, 3.63) is 60.4 Å². The smallest absolute Gasteiger partial charge is 0.175 e. The first-order valence-corrected chi connectivity index (χ1v) is 8.66. The predicted molar refractivity (Wildman–Crippen MR) is 86.4 cm³/mol. The van der Waals surface area contributed by atoms with E-state index in [9.17, 15) is 8.42 Å². The van der Waals surface area contributed by atoms with Gasteiger partial charge in [-0.3, -0.25) is 0 Å². The van der Waals surface area contributed by atoms with E-state index in [0.29, 0.717) is 23.3 Å². The molecule has 3 rings (SSSR count). The quantitative estimate of drug-likeness (QED) is 0.801. The molecule has 3 aromatic rings. The largest absolute Gasteiger partial charge is 0.365 e. The molecular formula is C16H15N3O2S. The number of fused-ring (bicyclic) bond motifs is 1. The van der Waals surface area contributed by atoms with Gasteiger partial charge in [0.25, 0.3) is 0 Å². The summed E-state index contributed by atoms with van der Waals surface area (Å²) in [5.41, 5.74) is 1.83. The summed E-state index contributed by atoms with van der Waals surface area (Å²) in [4.78, 5) is 8.66. The van der Waals surface area contributed by atoms with Gasteiger partial charge in [-0.05, 0) is 23.8 Å². The van der Waals surface area contributed by atoms with E-state index in [1.165, 1.54) is 12.6 Å². The lowest BCUT2D eigenvalue weighted by molar-refractivity contribution is 0.602. The van der Waals surface area contributed by atoms with Crippen LogP contribution in [-0.2, 0) is 16.4 Å². The fourth-order valence-corrected chi connectivity index (χ4v) is 2.84. The molecular weight excluding hydrogens is 298 g/mol. The number of aromatic nitrogens is 2. The third-order valence-corrected chi connectivity index (χ3v) is 4.45. The number of hydrogen-bond acceptors (Lipinski definition) is 5. The molecule has 6 heteroatoms. The molecule has 5 nitrogen and oxygen atoms in total. The lowest BCUT2D eigenvalue weighted by Gasteiger charge is -2.09. The Bertz CT molecular complexity index is 909. The van der Waals surface area contributed by atoms with E-state index in [-0.39, 0.29) is 4.90 Å². The number of nitrogens with one attached hydrogen (secondary N) is 1. The lowest BCUT2D eigenvalue weighted by Crippen LogP contribution is -2.03. The van der Waals surface area contributed by atoms with Crippen molar-refractivity contribution in [3.63, 3.8) is 0 Å². The van der Waals surface area contributed by atoms with Gasteiger partial charge in [0.2, 0.25) is 0 Å². The van der Waals surface area contributed by atoms with Gasteiger partial charge >= 0.3 is 0 Å². The maximum atomic E-state index is 11.7. The summed E-state index contributed by atoms with van der Waals surface area (Å²) in [5, 5.41) is 3.93. The van der Waals surface area contributed by atoms with E-state index >= 15 is 0 Å². The molecule has 0 aliphatic carbocycles. The van der Waals surface area contributed by atoms with Gasteiger partial charge in [0.15, 0.2) is 9.84 Å². The van der Waals surface area contributed by atoms with Crippen LogP contribution in [0.5, 0.6) is 0 Å². The van der Waals surface area contributed by atoms with Gasteiger partial charge in [0.05, 0.1) is 10.4 Å². The van der Waals surface area contributed by atoms with E-state index in [2.05, 4.69) is 15.3 Å². The average molecular weight is 313 g/mol. The van der Waals surface area contributed by atoms with Crippen LogP contribution in [0.2, 0.25) is 0 Å². The molecule has 2 aromatic carbocycles. The topological polar surface area (TPSA) is 72.0 Å². The highest BCUT2D eigenvalue weighted by molar-refractivity contribution is 7.90. The molecule has 0 aliphatic rings. The average Bonchev–Trinajstić information content (AvgIpc) is 2.52. The van der Waals surface area contributed by atoms with Crippen molar-refractivity contribution >= 4 is 26.6 Å². The summed E-state index contributed by atoms with van der Waals surface area (Å²) < 4.78 is 23.4. The van der Waals surface area contributed by atoms with E-state index in [1.54, 1.807) is 18.2 Å². The summed E-state index contributed by atoms with van der Waals surface area (Å²) in [7, 11) is -3.26. The molecule has 0 radical (unpaired) electrons. The van der Waals surface area contributed by atoms with Crippen molar-refractivity contribution in [1.29, 1.82) is 0 Å². The number of nitrogens with zero attached hydrogens (tertiary/aromatic N) is 2. The molecule has 0 saturated carbocycles. The molecule has 1 N–H and O–H groups in total. The van der Waals surface area contributed by atoms with Crippen LogP contribution in [0.4, 0.5) is 5.82 Å². The van der Waals surface area contributed by atoms with Crippen molar-refractivity contribution < 1.29 is 8.42 Å². The zero-order valence-corrected chi connectivity index (χ0v) is 12.8. The molecule has 1 heterocycles. The Morgan fingerprint density at radius 3 is 2.55 bits per heavy atom. The van der Waals surface area contributed by atoms with Crippen LogP contribution in [0, 0.1) is 0 Å². The second-order valence-electron chi connectivity index (χ2n) is 5.01.